The highest BCUT2D eigenvalue weighted by Crippen LogP contribution is 2.19. The molecule has 7 heteroatoms. The highest BCUT2D eigenvalue weighted by Gasteiger charge is 2.06. The third kappa shape index (κ3) is 4.90. The van der Waals surface area contributed by atoms with Gasteiger partial charge in [0.2, 0.25) is 5.91 Å². The van der Waals surface area contributed by atoms with Gasteiger partial charge in [-0.2, -0.15) is 5.10 Å². The molecule has 2 aromatic heterocycles. The molecule has 25 heavy (non-hydrogen) atoms. The van der Waals surface area contributed by atoms with Crippen molar-refractivity contribution in [2.45, 2.75) is 11.4 Å². The fraction of sp³-hybridized carbons (Fsp3) is 0.167. The van der Waals surface area contributed by atoms with Crippen molar-refractivity contribution in [3.05, 3.63) is 66.5 Å². The highest BCUT2D eigenvalue weighted by molar-refractivity contribution is 8.00. The number of rotatable bonds is 6. The minimum absolute atomic E-state index is 0.0823. The van der Waals surface area contributed by atoms with E-state index in [2.05, 4.69) is 15.4 Å². The first kappa shape index (κ1) is 17.2. The maximum absolute atomic E-state index is 12.9. The molecule has 1 aromatic carbocycles. The van der Waals surface area contributed by atoms with Crippen LogP contribution in [0.5, 0.6) is 0 Å². The second kappa shape index (κ2) is 7.94. The van der Waals surface area contributed by atoms with Crippen molar-refractivity contribution in [1.29, 1.82) is 0 Å². The Hall–Kier alpha value is -2.67. The lowest BCUT2D eigenvalue weighted by molar-refractivity contribution is -0.118. The lowest BCUT2D eigenvalue weighted by Gasteiger charge is -2.06. The van der Waals surface area contributed by atoms with E-state index in [0.717, 1.165) is 21.6 Å². The molecule has 0 saturated carbocycles. The van der Waals surface area contributed by atoms with Gasteiger partial charge in [0.1, 0.15) is 5.82 Å². The fourth-order valence-electron chi connectivity index (χ4n) is 2.24. The molecule has 0 unspecified atom stereocenters. The first-order chi connectivity index (χ1) is 12.1. The Balaban J connectivity index is 1.52. The molecule has 1 N–H and O–H groups in total. The van der Waals surface area contributed by atoms with E-state index in [1.165, 1.54) is 23.9 Å². The summed E-state index contributed by atoms with van der Waals surface area (Å²) in [5.74, 6) is -0.0858. The van der Waals surface area contributed by atoms with Crippen LogP contribution in [0.3, 0.4) is 0 Å². The smallest absolute Gasteiger partial charge is 0.230 e. The minimum atomic E-state index is -0.283. The van der Waals surface area contributed by atoms with Crippen LogP contribution in [-0.4, -0.2) is 26.4 Å². The van der Waals surface area contributed by atoms with Crippen LogP contribution >= 0.6 is 11.8 Å². The number of pyridine rings is 1. The van der Waals surface area contributed by atoms with Gasteiger partial charge in [0.15, 0.2) is 0 Å². The van der Waals surface area contributed by atoms with E-state index in [9.17, 15) is 9.18 Å². The summed E-state index contributed by atoms with van der Waals surface area (Å²) < 4.78 is 14.6. The van der Waals surface area contributed by atoms with Gasteiger partial charge in [-0.1, -0.05) is 0 Å². The topological polar surface area (TPSA) is 59.8 Å². The number of hydrogen-bond donors (Lipinski definition) is 1. The van der Waals surface area contributed by atoms with Crippen LogP contribution in [0.15, 0.2) is 60.0 Å². The summed E-state index contributed by atoms with van der Waals surface area (Å²) in [4.78, 5) is 17.1. The van der Waals surface area contributed by atoms with Crippen molar-refractivity contribution in [3.63, 3.8) is 0 Å². The number of aromatic nitrogens is 3. The van der Waals surface area contributed by atoms with E-state index >= 15 is 0 Å². The summed E-state index contributed by atoms with van der Waals surface area (Å²) in [6.07, 6.45) is 7.19. The monoisotopic (exact) mass is 356 g/mol. The zero-order valence-electron chi connectivity index (χ0n) is 13.6. The number of hydrogen-bond acceptors (Lipinski definition) is 4. The molecule has 0 aliphatic heterocycles. The Morgan fingerprint density at radius 3 is 2.72 bits per heavy atom. The molecule has 2 heterocycles. The summed E-state index contributed by atoms with van der Waals surface area (Å²) in [7, 11) is 1.86. The molecule has 0 aliphatic rings. The van der Waals surface area contributed by atoms with Crippen molar-refractivity contribution in [3.8, 4) is 11.1 Å². The molecule has 0 aliphatic carbocycles. The fourth-order valence-corrected chi connectivity index (χ4v) is 2.97. The minimum Gasteiger partial charge on any atom is -0.351 e. The lowest BCUT2D eigenvalue weighted by Crippen LogP contribution is -2.24. The summed E-state index contributed by atoms with van der Waals surface area (Å²) in [5, 5.41) is 7.02. The van der Waals surface area contributed by atoms with E-state index in [1.807, 2.05) is 19.3 Å². The number of amides is 1. The van der Waals surface area contributed by atoms with E-state index in [1.54, 1.807) is 35.4 Å². The van der Waals surface area contributed by atoms with Crippen LogP contribution in [0.25, 0.3) is 11.1 Å². The molecule has 5 nitrogen and oxygen atoms in total. The molecule has 0 fully saturated rings. The van der Waals surface area contributed by atoms with Gasteiger partial charge < -0.3 is 5.32 Å². The number of thioether (sulfide) groups is 1. The molecular weight excluding hydrogens is 339 g/mol. The Kier molecular flexibility index (Phi) is 5.45. The molecular formula is C18H17FN4OS. The number of aryl methyl sites for hydroxylation is 1. The van der Waals surface area contributed by atoms with Gasteiger partial charge >= 0.3 is 0 Å². The average Bonchev–Trinajstić information content (AvgIpc) is 3.06. The normalized spacial score (nSPS) is 10.6. The first-order valence-corrected chi connectivity index (χ1v) is 8.67. The summed E-state index contributed by atoms with van der Waals surface area (Å²) in [6, 6.07) is 8.08. The number of halogens is 1. The maximum atomic E-state index is 12.9. The molecule has 128 valence electrons. The summed E-state index contributed by atoms with van der Waals surface area (Å²) in [6.45, 7) is 0.407. The van der Waals surface area contributed by atoms with E-state index < -0.39 is 0 Å². The number of nitrogens with one attached hydrogen (secondary N) is 1. The third-order valence-electron chi connectivity index (χ3n) is 3.51. The first-order valence-electron chi connectivity index (χ1n) is 7.68. The van der Waals surface area contributed by atoms with Crippen LogP contribution < -0.4 is 5.32 Å². The number of carbonyl (C=O) groups is 1. The number of benzene rings is 1. The second-order valence-corrected chi connectivity index (χ2v) is 6.55. The molecule has 0 bridgehead atoms. The standard InChI is InChI=1S/C18H17FN4OS/c1-23-11-15(10-22-23)14-6-13(7-20-9-14)8-21-18(24)12-25-17-4-2-16(19)3-5-17/h2-7,9-11H,8,12H2,1H3,(H,21,24). The predicted molar refractivity (Wildman–Crippen MR) is 95.4 cm³/mol. The van der Waals surface area contributed by atoms with Crippen molar-refractivity contribution < 1.29 is 9.18 Å². The summed E-state index contributed by atoms with van der Waals surface area (Å²) >= 11 is 1.37. The van der Waals surface area contributed by atoms with Gasteiger partial charge in [-0.3, -0.25) is 14.5 Å². The van der Waals surface area contributed by atoms with Crippen molar-refractivity contribution in [2.24, 2.45) is 7.05 Å². The van der Waals surface area contributed by atoms with E-state index in [0.29, 0.717) is 6.54 Å². The lowest BCUT2D eigenvalue weighted by atomic mass is 10.1. The predicted octanol–water partition coefficient (Wildman–Crippen LogP) is 3.03. The van der Waals surface area contributed by atoms with Crippen LogP contribution in [-0.2, 0) is 18.4 Å². The molecule has 3 aromatic rings. The van der Waals surface area contributed by atoms with Crippen molar-refractivity contribution in [1.82, 2.24) is 20.1 Å². The average molecular weight is 356 g/mol. The SMILES string of the molecule is Cn1cc(-c2cncc(CNC(=O)CSc3ccc(F)cc3)c2)cn1. The zero-order valence-corrected chi connectivity index (χ0v) is 14.5. The Morgan fingerprint density at radius 1 is 1.20 bits per heavy atom. The molecule has 0 saturated heterocycles. The molecule has 0 atom stereocenters. The molecule has 0 radical (unpaired) electrons. The van der Waals surface area contributed by atoms with Crippen LogP contribution in [0.1, 0.15) is 5.56 Å². The van der Waals surface area contributed by atoms with Crippen molar-refractivity contribution in [2.75, 3.05) is 5.75 Å². The van der Waals surface area contributed by atoms with Crippen LogP contribution in [0.2, 0.25) is 0 Å². The van der Waals surface area contributed by atoms with Gasteiger partial charge in [0.25, 0.3) is 0 Å². The maximum Gasteiger partial charge on any atom is 0.230 e. The van der Waals surface area contributed by atoms with Gasteiger partial charge in [-0.15, -0.1) is 11.8 Å². The van der Waals surface area contributed by atoms with Gasteiger partial charge in [-0.25, -0.2) is 4.39 Å². The van der Waals surface area contributed by atoms with E-state index in [-0.39, 0.29) is 17.5 Å². The number of nitrogens with zero attached hydrogens (tertiary/aromatic N) is 3. The summed E-state index contributed by atoms with van der Waals surface area (Å²) in [5.41, 5.74) is 2.86. The second-order valence-electron chi connectivity index (χ2n) is 5.50. The van der Waals surface area contributed by atoms with Gasteiger partial charge in [0.05, 0.1) is 11.9 Å². The van der Waals surface area contributed by atoms with Gasteiger partial charge in [-0.05, 0) is 35.9 Å². The Bertz CT molecular complexity index is 864. The molecule has 3 rings (SSSR count). The van der Waals surface area contributed by atoms with Crippen LogP contribution in [0.4, 0.5) is 4.39 Å². The molecule has 1 amide bonds. The Labute approximate surface area is 149 Å². The quantitative estimate of drug-likeness (QED) is 0.690. The van der Waals surface area contributed by atoms with E-state index in [4.69, 9.17) is 0 Å². The van der Waals surface area contributed by atoms with Crippen LogP contribution in [0, 0.1) is 5.82 Å². The number of carbonyl (C=O) groups excluding carboxylic acids is 1. The zero-order chi connectivity index (χ0) is 17.6. The Morgan fingerprint density at radius 2 is 2.00 bits per heavy atom. The highest BCUT2D eigenvalue weighted by atomic mass is 32.2. The van der Waals surface area contributed by atoms with Gasteiger partial charge in [0, 0.05) is 48.2 Å². The third-order valence-corrected chi connectivity index (χ3v) is 4.52. The molecule has 0 spiro atoms. The largest absolute Gasteiger partial charge is 0.351 e. The van der Waals surface area contributed by atoms with Crippen molar-refractivity contribution >= 4 is 17.7 Å².